The number of esters is 1. The lowest BCUT2D eigenvalue weighted by molar-refractivity contribution is -0.453. The fourth-order valence-electron chi connectivity index (χ4n) is 2.08. The zero-order valence-corrected chi connectivity index (χ0v) is 14.8. The zero-order valence-electron chi connectivity index (χ0n) is 14.8. The van der Waals surface area contributed by atoms with Gasteiger partial charge in [0.2, 0.25) is 0 Å². The SMILES string of the molecule is COC(=O)c1ccc(C(F)(F)C(F)(F)C(F)(F)C(F)(F)C(F)(F)C(F)(F)C(F)(F)F)cc1. The van der Waals surface area contributed by atoms with Gasteiger partial charge in [-0.25, -0.2) is 4.79 Å². The molecule has 0 aliphatic rings. The van der Waals surface area contributed by atoms with Crippen LogP contribution in [0.2, 0.25) is 0 Å². The minimum Gasteiger partial charge on any atom is -0.465 e. The Morgan fingerprint density at radius 1 is 0.594 bits per heavy atom. The average Bonchev–Trinajstić information content (AvgIpc) is 2.65. The monoisotopic (exact) mass is 504 g/mol. The summed E-state index contributed by atoms with van der Waals surface area (Å²) in [7, 11) is 0.762. The summed E-state index contributed by atoms with van der Waals surface area (Å²) in [4.78, 5) is 11.1. The second kappa shape index (κ2) is 7.60. The van der Waals surface area contributed by atoms with Gasteiger partial charge in [-0.15, -0.1) is 0 Å². The molecule has 0 aliphatic carbocycles. The molecule has 0 amide bonds. The number of ether oxygens (including phenoxy) is 1. The van der Waals surface area contributed by atoms with Crippen molar-refractivity contribution in [2.24, 2.45) is 0 Å². The van der Waals surface area contributed by atoms with E-state index in [4.69, 9.17) is 0 Å². The van der Waals surface area contributed by atoms with Crippen LogP contribution >= 0.6 is 0 Å². The maximum Gasteiger partial charge on any atom is 0.460 e. The molecule has 2 nitrogen and oxygen atoms in total. The van der Waals surface area contributed by atoms with Crippen molar-refractivity contribution in [3.63, 3.8) is 0 Å². The Balaban J connectivity index is 3.60. The van der Waals surface area contributed by atoms with Crippen molar-refractivity contribution in [1.82, 2.24) is 0 Å². The van der Waals surface area contributed by atoms with Gasteiger partial charge in [0.25, 0.3) is 0 Å². The maximum atomic E-state index is 14.0. The number of benzene rings is 1. The predicted octanol–water partition coefficient (Wildman–Crippen LogP) is 6.30. The van der Waals surface area contributed by atoms with E-state index in [-0.39, 0.29) is 24.3 Å². The van der Waals surface area contributed by atoms with Crippen molar-refractivity contribution in [3.05, 3.63) is 35.4 Å². The Hall–Kier alpha value is -2.36. The lowest BCUT2D eigenvalue weighted by atomic mass is 9.88. The number of hydrogen-bond acceptors (Lipinski definition) is 2. The van der Waals surface area contributed by atoms with Crippen LogP contribution < -0.4 is 0 Å². The third-order valence-electron chi connectivity index (χ3n) is 4.00. The predicted molar refractivity (Wildman–Crippen MR) is 72.5 cm³/mol. The molecule has 184 valence electrons. The molecule has 17 heteroatoms. The Kier molecular flexibility index (Phi) is 6.58. The van der Waals surface area contributed by atoms with Crippen LogP contribution in [-0.4, -0.2) is 48.9 Å². The first-order chi connectivity index (χ1) is 13.9. The van der Waals surface area contributed by atoms with Gasteiger partial charge in [-0.3, -0.25) is 0 Å². The van der Waals surface area contributed by atoms with E-state index in [1.807, 2.05) is 0 Å². The second-order valence-corrected chi connectivity index (χ2v) is 6.01. The van der Waals surface area contributed by atoms with Crippen LogP contribution in [0.3, 0.4) is 0 Å². The van der Waals surface area contributed by atoms with E-state index in [0.717, 1.165) is 7.11 Å². The highest BCUT2D eigenvalue weighted by Crippen LogP contribution is 2.63. The van der Waals surface area contributed by atoms with E-state index in [0.29, 0.717) is 0 Å². The van der Waals surface area contributed by atoms with Crippen LogP contribution in [0, 0.1) is 0 Å². The van der Waals surface area contributed by atoms with Crippen LogP contribution in [0.15, 0.2) is 24.3 Å². The number of methoxy groups -OCH3 is 1. The van der Waals surface area contributed by atoms with Gasteiger partial charge in [0.15, 0.2) is 0 Å². The first-order valence-corrected chi connectivity index (χ1v) is 7.47. The zero-order chi connectivity index (χ0) is 25.8. The molecule has 0 N–H and O–H groups in total. The number of halogens is 15. The van der Waals surface area contributed by atoms with E-state index >= 15 is 0 Å². The molecule has 0 spiro atoms. The van der Waals surface area contributed by atoms with E-state index in [2.05, 4.69) is 4.74 Å². The summed E-state index contributed by atoms with van der Waals surface area (Å²) in [6.45, 7) is 0. The molecular weight excluding hydrogens is 497 g/mol. The van der Waals surface area contributed by atoms with Crippen LogP contribution in [-0.2, 0) is 10.7 Å². The van der Waals surface area contributed by atoms with E-state index < -0.39 is 58.8 Å². The van der Waals surface area contributed by atoms with Gasteiger partial charge in [0.1, 0.15) is 0 Å². The summed E-state index contributed by atoms with van der Waals surface area (Å²) < 4.78 is 201. The van der Waals surface area contributed by atoms with Crippen LogP contribution in [0.4, 0.5) is 65.9 Å². The van der Waals surface area contributed by atoms with Gasteiger partial charge in [0.05, 0.1) is 12.7 Å². The Bertz CT molecular complexity index is 839. The third kappa shape index (κ3) is 3.62. The molecule has 0 fully saturated rings. The van der Waals surface area contributed by atoms with Crippen molar-refractivity contribution >= 4 is 5.97 Å². The molecule has 0 aromatic heterocycles. The molecule has 0 unspecified atom stereocenters. The number of carbonyl (C=O) groups excluding carboxylic acids is 1. The van der Waals surface area contributed by atoms with Crippen molar-refractivity contribution in [2.45, 2.75) is 41.7 Å². The molecular formula is C15H7F15O2. The first kappa shape index (κ1) is 27.7. The summed E-state index contributed by atoms with van der Waals surface area (Å²) in [5.74, 6) is -48.3. The molecule has 1 rings (SSSR count). The van der Waals surface area contributed by atoms with Gasteiger partial charge < -0.3 is 4.74 Å². The van der Waals surface area contributed by atoms with E-state index in [9.17, 15) is 70.7 Å². The Morgan fingerprint density at radius 2 is 0.938 bits per heavy atom. The highest BCUT2D eigenvalue weighted by molar-refractivity contribution is 5.89. The molecule has 1 aromatic carbocycles. The fraction of sp³-hybridized carbons (Fsp3) is 0.533. The Labute approximate surface area is 166 Å². The second-order valence-electron chi connectivity index (χ2n) is 6.01. The summed E-state index contributed by atoms with van der Waals surface area (Å²) in [6.07, 6.45) is -7.66. The van der Waals surface area contributed by atoms with Gasteiger partial charge in [-0.05, 0) is 12.1 Å². The summed E-state index contributed by atoms with van der Waals surface area (Å²) in [5.41, 5.74) is -2.97. The number of hydrogen-bond donors (Lipinski definition) is 0. The molecule has 0 aliphatic heterocycles. The first-order valence-electron chi connectivity index (χ1n) is 7.47. The minimum absolute atomic E-state index is 0.225. The molecule has 32 heavy (non-hydrogen) atoms. The van der Waals surface area contributed by atoms with Gasteiger partial charge in [0, 0.05) is 5.56 Å². The van der Waals surface area contributed by atoms with E-state index in [1.165, 1.54) is 0 Å². The summed E-state index contributed by atoms with van der Waals surface area (Å²) in [5, 5.41) is 0. The number of alkyl halides is 15. The number of rotatable bonds is 7. The summed E-state index contributed by atoms with van der Waals surface area (Å²) in [6, 6.07) is 0.00932. The lowest BCUT2D eigenvalue weighted by Crippen LogP contribution is -2.72. The van der Waals surface area contributed by atoms with Crippen LogP contribution in [0.5, 0.6) is 0 Å². The lowest BCUT2D eigenvalue weighted by Gasteiger charge is -2.41. The highest BCUT2D eigenvalue weighted by Gasteiger charge is 2.93. The largest absolute Gasteiger partial charge is 0.465 e. The van der Waals surface area contributed by atoms with Crippen LogP contribution in [0.25, 0.3) is 0 Å². The van der Waals surface area contributed by atoms with Crippen molar-refractivity contribution in [2.75, 3.05) is 7.11 Å². The van der Waals surface area contributed by atoms with Crippen LogP contribution in [0.1, 0.15) is 15.9 Å². The van der Waals surface area contributed by atoms with Crippen molar-refractivity contribution < 1.29 is 75.4 Å². The highest BCUT2D eigenvalue weighted by atomic mass is 19.4. The molecule has 0 atom stereocenters. The van der Waals surface area contributed by atoms with E-state index in [1.54, 1.807) is 0 Å². The van der Waals surface area contributed by atoms with Crippen molar-refractivity contribution in [1.29, 1.82) is 0 Å². The Morgan fingerprint density at radius 3 is 1.28 bits per heavy atom. The maximum absolute atomic E-state index is 14.0. The normalized spacial score (nSPS) is 15.0. The topological polar surface area (TPSA) is 26.3 Å². The molecule has 1 aromatic rings. The quantitative estimate of drug-likeness (QED) is 0.322. The van der Waals surface area contributed by atoms with Gasteiger partial charge in [-0.2, -0.15) is 65.9 Å². The molecule has 0 saturated heterocycles. The third-order valence-corrected chi connectivity index (χ3v) is 4.00. The fourth-order valence-corrected chi connectivity index (χ4v) is 2.08. The minimum atomic E-state index is -8.35. The average molecular weight is 504 g/mol. The smallest absolute Gasteiger partial charge is 0.460 e. The standard InChI is InChI=1S/C15H7F15O2/c1-32-8(31)6-2-4-7(5-3-6)9(16,17)10(18,19)11(20,21)12(22,23)13(24,25)14(26,27)15(28,29)30/h2-5H,1H3. The van der Waals surface area contributed by atoms with Gasteiger partial charge >= 0.3 is 47.7 Å². The van der Waals surface area contributed by atoms with Crippen molar-refractivity contribution in [3.8, 4) is 0 Å². The molecule has 0 saturated carbocycles. The molecule has 0 bridgehead atoms. The molecule has 0 heterocycles. The van der Waals surface area contributed by atoms with Gasteiger partial charge in [-0.1, -0.05) is 12.1 Å². The summed E-state index contributed by atoms with van der Waals surface area (Å²) >= 11 is 0. The molecule has 0 radical (unpaired) electrons. The number of carbonyl (C=O) groups is 1.